The van der Waals surface area contributed by atoms with E-state index in [9.17, 15) is 19.1 Å². The van der Waals surface area contributed by atoms with Crippen molar-refractivity contribution >= 4 is 17.6 Å². The zero-order chi connectivity index (χ0) is 14.4. The van der Waals surface area contributed by atoms with E-state index in [0.29, 0.717) is 12.1 Å². The zero-order valence-electron chi connectivity index (χ0n) is 10.8. The van der Waals surface area contributed by atoms with Crippen LogP contribution in [0.5, 0.6) is 0 Å². The molecular weight excluding hydrogens is 263 g/mol. The second kappa shape index (κ2) is 4.47. The van der Waals surface area contributed by atoms with Gasteiger partial charge in [-0.1, -0.05) is 6.07 Å². The number of carbonyl (C=O) groups is 2. The molecule has 2 bridgehead atoms. The number of anilines is 1. The molecule has 20 heavy (non-hydrogen) atoms. The molecule has 3 N–H and O–H groups in total. The van der Waals surface area contributed by atoms with Crippen molar-refractivity contribution in [3.63, 3.8) is 0 Å². The highest BCUT2D eigenvalue weighted by Gasteiger charge is 2.50. The van der Waals surface area contributed by atoms with Gasteiger partial charge in [-0.25, -0.2) is 4.39 Å². The summed E-state index contributed by atoms with van der Waals surface area (Å²) in [5, 5.41) is 9.24. The Kier molecular flexibility index (Phi) is 2.88. The van der Waals surface area contributed by atoms with Gasteiger partial charge in [-0.05, 0) is 31.4 Å². The average Bonchev–Trinajstić information content (AvgIpc) is 2.95. The van der Waals surface area contributed by atoms with Gasteiger partial charge in [0.15, 0.2) is 0 Å². The molecule has 3 atom stereocenters. The summed E-state index contributed by atoms with van der Waals surface area (Å²) < 4.78 is 13.8. The molecule has 1 aromatic carbocycles. The molecule has 2 fully saturated rings. The molecule has 2 heterocycles. The number of primary amides is 1. The van der Waals surface area contributed by atoms with Gasteiger partial charge in [-0.3, -0.25) is 9.59 Å². The van der Waals surface area contributed by atoms with E-state index in [2.05, 4.69) is 0 Å². The minimum atomic E-state index is -0.834. The minimum absolute atomic E-state index is 0.0426. The first-order chi connectivity index (χ1) is 9.50. The topological polar surface area (TPSA) is 83.6 Å². The number of aliphatic carboxylic acids is 1. The number of fused-ring (bicyclic) bond motifs is 2. The van der Waals surface area contributed by atoms with E-state index < -0.39 is 23.6 Å². The maximum absolute atomic E-state index is 13.8. The Morgan fingerprint density at radius 2 is 2.10 bits per heavy atom. The number of hydrogen-bond donors (Lipinski definition) is 2. The van der Waals surface area contributed by atoms with Crippen LogP contribution in [0.1, 0.15) is 29.6 Å². The highest BCUT2D eigenvalue weighted by atomic mass is 19.1. The molecule has 106 valence electrons. The number of benzene rings is 1. The Labute approximate surface area is 115 Å². The molecule has 3 rings (SSSR count). The van der Waals surface area contributed by atoms with Gasteiger partial charge in [0.1, 0.15) is 5.82 Å². The molecule has 2 aliphatic heterocycles. The third kappa shape index (κ3) is 1.75. The average molecular weight is 278 g/mol. The van der Waals surface area contributed by atoms with Crippen LogP contribution in [-0.4, -0.2) is 29.1 Å². The van der Waals surface area contributed by atoms with Crippen LogP contribution in [0, 0.1) is 11.7 Å². The number of hydrogen-bond acceptors (Lipinski definition) is 3. The predicted octanol–water partition coefficient (Wildman–Crippen LogP) is 1.37. The van der Waals surface area contributed by atoms with Gasteiger partial charge >= 0.3 is 5.97 Å². The van der Waals surface area contributed by atoms with Crippen LogP contribution in [0.4, 0.5) is 10.1 Å². The van der Waals surface area contributed by atoms with Crippen molar-refractivity contribution < 1.29 is 19.1 Å². The Morgan fingerprint density at radius 1 is 1.35 bits per heavy atom. The summed E-state index contributed by atoms with van der Waals surface area (Å²) >= 11 is 0. The summed E-state index contributed by atoms with van der Waals surface area (Å²) in [6.45, 7) is 0. The van der Waals surface area contributed by atoms with Crippen molar-refractivity contribution in [3.8, 4) is 0 Å². The Morgan fingerprint density at radius 3 is 2.70 bits per heavy atom. The summed E-state index contributed by atoms with van der Waals surface area (Å²) in [4.78, 5) is 24.6. The predicted molar refractivity (Wildman–Crippen MR) is 69.9 cm³/mol. The molecule has 1 amide bonds. The largest absolute Gasteiger partial charge is 0.481 e. The Bertz CT molecular complexity index is 590. The lowest BCUT2D eigenvalue weighted by Crippen LogP contribution is -2.34. The lowest BCUT2D eigenvalue weighted by Gasteiger charge is -2.27. The van der Waals surface area contributed by atoms with Gasteiger partial charge in [-0.2, -0.15) is 0 Å². The van der Waals surface area contributed by atoms with Crippen molar-refractivity contribution in [2.45, 2.75) is 31.3 Å². The van der Waals surface area contributed by atoms with Crippen LogP contribution in [0.15, 0.2) is 18.2 Å². The fraction of sp³-hybridized carbons (Fsp3) is 0.429. The fourth-order valence-corrected chi connectivity index (χ4v) is 3.60. The summed E-state index contributed by atoms with van der Waals surface area (Å²) in [5.41, 5.74) is 5.55. The number of rotatable bonds is 3. The summed E-state index contributed by atoms with van der Waals surface area (Å²) in [5.74, 6) is -2.78. The second-order valence-corrected chi connectivity index (χ2v) is 5.38. The third-order valence-electron chi connectivity index (χ3n) is 4.37. The van der Waals surface area contributed by atoms with E-state index in [1.165, 1.54) is 12.1 Å². The van der Waals surface area contributed by atoms with E-state index >= 15 is 0 Å². The van der Waals surface area contributed by atoms with Crippen molar-refractivity contribution in [1.29, 1.82) is 0 Å². The van der Waals surface area contributed by atoms with Crippen LogP contribution < -0.4 is 10.6 Å². The molecule has 0 radical (unpaired) electrons. The third-order valence-corrected chi connectivity index (χ3v) is 4.37. The maximum Gasteiger partial charge on any atom is 0.308 e. The number of nitrogens with zero attached hydrogens (tertiary/aromatic N) is 1. The Balaban J connectivity index is 2.05. The van der Waals surface area contributed by atoms with Crippen LogP contribution in [0.25, 0.3) is 0 Å². The second-order valence-electron chi connectivity index (χ2n) is 5.38. The zero-order valence-corrected chi connectivity index (χ0v) is 10.8. The molecule has 0 aromatic heterocycles. The summed E-state index contributed by atoms with van der Waals surface area (Å²) in [6, 6.07) is 4.21. The number of carboxylic acids is 1. The lowest BCUT2D eigenvalue weighted by molar-refractivity contribution is -0.142. The van der Waals surface area contributed by atoms with Crippen LogP contribution in [0.3, 0.4) is 0 Å². The number of carboxylic acid groups (broad SMARTS) is 1. The van der Waals surface area contributed by atoms with Crippen LogP contribution in [0.2, 0.25) is 0 Å². The van der Waals surface area contributed by atoms with Gasteiger partial charge in [0.05, 0.1) is 17.2 Å². The first-order valence-corrected chi connectivity index (χ1v) is 6.60. The van der Waals surface area contributed by atoms with Crippen molar-refractivity contribution in [2.75, 3.05) is 4.90 Å². The first kappa shape index (κ1) is 12.9. The van der Waals surface area contributed by atoms with Crippen molar-refractivity contribution in [3.05, 3.63) is 29.6 Å². The van der Waals surface area contributed by atoms with E-state index in [0.717, 1.165) is 12.8 Å². The smallest absolute Gasteiger partial charge is 0.308 e. The van der Waals surface area contributed by atoms with E-state index in [1.54, 1.807) is 6.07 Å². The van der Waals surface area contributed by atoms with Gasteiger partial charge in [0.2, 0.25) is 0 Å². The van der Waals surface area contributed by atoms with Gasteiger partial charge < -0.3 is 15.7 Å². The van der Waals surface area contributed by atoms with Gasteiger partial charge in [0.25, 0.3) is 5.91 Å². The molecule has 2 aliphatic rings. The molecule has 3 unspecified atom stereocenters. The molecule has 0 aliphatic carbocycles. The Hall–Kier alpha value is -2.11. The molecule has 6 heteroatoms. The van der Waals surface area contributed by atoms with Crippen molar-refractivity contribution in [1.82, 2.24) is 0 Å². The fourth-order valence-electron chi connectivity index (χ4n) is 3.60. The monoisotopic (exact) mass is 278 g/mol. The number of nitrogens with two attached hydrogens (primary N) is 1. The van der Waals surface area contributed by atoms with Gasteiger partial charge in [0, 0.05) is 12.1 Å². The number of amides is 1. The first-order valence-electron chi connectivity index (χ1n) is 6.60. The van der Waals surface area contributed by atoms with Crippen LogP contribution >= 0.6 is 0 Å². The van der Waals surface area contributed by atoms with Gasteiger partial charge in [-0.15, -0.1) is 0 Å². The van der Waals surface area contributed by atoms with Crippen LogP contribution in [-0.2, 0) is 4.79 Å². The molecule has 0 spiro atoms. The normalized spacial score (nSPS) is 27.9. The molecule has 2 saturated heterocycles. The summed E-state index contributed by atoms with van der Waals surface area (Å²) in [7, 11) is 0. The molecule has 1 aromatic rings. The number of carbonyl (C=O) groups excluding carboxylic acids is 1. The number of halogens is 1. The minimum Gasteiger partial charge on any atom is -0.481 e. The van der Waals surface area contributed by atoms with E-state index in [-0.39, 0.29) is 17.6 Å². The standard InChI is InChI=1S/C14H15FN2O3/c15-9-2-1-3-11(12(9)13(16)18)17-7-4-5-10(17)8(6-7)14(19)20/h1-3,7-8,10H,4-6H2,(H2,16,18)(H,19,20). The lowest BCUT2D eigenvalue weighted by atomic mass is 9.89. The molecule has 5 nitrogen and oxygen atoms in total. The quantitative estimate of drug-likeness (QED) is 0.874. The maximum atomic E-state index is 13.8. The van der Waals surface area contributed by atoms with Crippen molar-refractivity contribution in [2.24, 2.45) is 11.7 Å². The highest BCUT2D eigenvalue weighted by Crippen LogP contribution is 2.45. The highest BCUT2D eigenvalue weighted by molar-refractivity contribution is 5.99. The van der Waals surface area contributed by atoms with E-state index in [1.807, 2.05) is 4.90 Å². The SMILES string of the molecule is NC(=O)c1c(F)cccc1N1C2CCC1C(C(=O)O)C2. The summed E-state index contributed by atoms with van der Waals surface area (Å²) in [6.07, 6.45) is 2.15. The van der Waals surface area contributed by atoms with E-state index in [4.69, 9.17) is 5.73 Å². The molecule has 0 saturated carbocycles. The molecular formula is C14H15FN2O3.